The van der Waals surface area contributed by atoms with E-state index in [1.807, 2.05) is 30.0 Å². The summed E-state index contributed by atoms with van der Waals surface area (Å²) in [5.74, 6) is 0.802. The number of rotatable bonds is 3. The molecule has 0 aliphatic carbocycles. The second-order valence-electron chi connectivity index (χ2n) is 4.85. The predicted octanol–water partition coefficient (Wildman–Crippen LogP) is 1.85. The van der Waals surface area contributed by atoms with Gasteiger partial charge < -0.3 is 14.6 Å². The highest BCUT2D eigenvalue weighted by molar-refractivity contribution is 5.97. The molecule has 5 heteroatoms. The smallest absolute Gasteiger partial charge is 0.228 e. The van der Waals surface area contributed by atoms with Crippen molar-refractivity contribution in [3.63, 3.8) is 0 Å². The van der Waals surface area contributed by atoms with Crippen LogP contribution >= 0.6 is 0 Å². The van der Waals surface area contributed by atoms with Gasteiger partial charge in [0, 0.05) is 31.6 Å². The number of oxazole rings is 1. The van der Waals surface area contributed by atoms with Gasteiger partial charge in [-0.15, -0.1) is 0 Å². The Morgan fingerprint density at radius 3 is 3.16 bits per heavy atom. The summed E-state index contributed by atoms with van der Waals surface area (Å²) in [4.78, 5) is 18.2. The average molecular weight is 259 g/mol. The zero-order chi connectivity index (χ0) is 13.4. The average Bonchev–Trinajstić information content (AvgIpc) is 2.90. The third kappa shape index (κ3) is 2.21. The number of aromatic nitrogens is 1. The molecule has 1 unspecified atom stereocenters. The first-order valence-corrected chi connectivity index (χ1v) is 6.58. The molecule has 1 aliphatic heterocycles. The zero-order valence-corrected chi connectivity index (χ0v) is 11.1. The monoisotopic (exact) mass is 259 g/mol. The quantitative estimate of drug-likeness (QED) is 0.914. The molecule has 0 radical (unpaired) electrons. The van der Waals surface area contributed by atoms with E-state index in [4.69, 9.17) is 4.42 Å². The van der Waals surface area contributed by atoms with E-state index in [1.54, 1.807) is 0 Å². The molecule has 1 atom stereocenters. The third-order valence-electron chi connectivity index (χ3n) is 3.41. The van der Waals surface area contributed by atoms with E-state index in [-0.39, 0.29) is 11.9 Å². The highest BCUT2D eigenvalue weighted by Gasteiger charge is 2.30. The van der Waals surface area contributed by atoms with Gasteiger partial charge in [-0.25, -0.2) is 4.98 Å². The van der Waals surface area contributed by atoms with Gasteiger partial charge in [0.25, 0.3) is 0 Å². The van der Waals surface area contributed by atoms with Crippen molar-refractivity contribution in [2.45, 2.75) is 26.3 Å². The molecular formula is C14H17N3O2. The van der Waals surface area contributed by atoms with Gasteiger partial charge in [0.15, 0.2) is 11.5 Å². The first-order chi connectivity index (χ1) is 9.17. The molecule has 1 amide bonds. The molecular weight excluding hydrogens is 242 g/mol. The van der Waals surface area contributed by atoms with Crippen LogP contribution in [0.5, 0.6) is 0 Å². The van der Waals surface area contributed by atoms with Crippen LogP contribution in [0.2, 0.25) is 0 Å². The van der Waals surface area contributed by atoms with Crippen molar-refractivity contribution in [3.05, 3.63) is 24.1 Å². The molecule has 3 rings (SSSR count). The summed E-state index contributed by atoms with van der Waals surface area (Å²) >= 11 is 0. The maximum absolute atomic E-state index is 12.0. The summed E-state index contributed by atoms with van der Waals surface area (Å²) in [6.45, 7) is 5.47. The normalized spacial score (nSPS) is 19.6. The third-order valence-corrected chi connectivity index (χ3v) is 3.41. The van der Waals surface area contributed by atoms with Crippen LogP contribution in [0.1, 0.15) is 19.2 Å². The minimum absolute atomic E-state index is 0.158. The van der Waals surface area contributed by atoms with E-state index in [9.17, 15) is 4.79 Å². The maximum Gasteiger partial charge on any atom is 0.228 e. The highest BCUT2D eigenvalue weighted by atomic mass is 16.3. The van der Waals surface area contributed by atoms with Crippen molar-refractivity contribution >= 4 is 22.7 Å². The van der Waals surface area contributed by atoms with Crippen molar-refractivity contribution in [1.29, 1.82) is 0 Å². The SMILES string of the molecule is CCNC1CC(=O)N(c2ccc3oc(C)nc3c2)C1. The Hall–Kier alpha value is -1.88. The number of fused-ring (bicyclic) bond motifs is 1. The topological polar surface area (TPSA) is 58.4 Å². The summed E-state index contributed by atoms with van der Waals surface area (Å²) in [5.41, 5.74) is 2.46. The van der Waals surface area contributed by atoms with Crippen molar-refractivity contribution in [1.82, 2.24) is 10.3 Å². The van der Waals surface area contributed by atoms with Crippen LogP contribution in [0.4, 0.5) is 5.69 Å². The summed E-state index contributed by atoms with van der Waals surface area (Å²) in [5, 5.41) is 3.32. The van der Waals surface area contributed by atoms with E-state index in [1.165, 1.54) is 0 Å². The van der Waals surface area contributed by atoms with E-state index in [0.717, 1.165) is 29.9 Å². The van der Waals surface area contributed by atoms with Crippen LogP contribution in [-0.2, 0) is 4.79 Å². The van der Waals surface area contributed by atoms with E-state index in [2.05, 4.69) is 17.2 Å². The van der Waals surface area contributed by atoms with Gasteiger partial charge in [0.2, 0.25) is 5.91 Å². The summed E-state index contributed by atoms with van der Waals surface area (Å²) in [6.07, 6.45) is 0.559. The Morgan fingerprint density at radius 2 is 2.37 bits per heavy atom. The molecule has 1 fully saturated rings. The van der Waals surface area contributed by atoms with Crippen LogP contribution in [-0.4, -0.2) is 30.0 Å². The molecule has 1 aromatic heterocycles. The van der Waals surface area contributed by atoms with Crippen LogP contribution in [0.15, 0.2) is 22.6 Å². The fourth-order valence-electron chi connectivity index (χ4n) is 2.58. The molecule has 1 saturated heterocycles. The fourth-order valence-corrected chi connectivity index (χ4v) is 2.58. The number of aryl methyl sites for hydroxylation is 1. The van der Waals surface area contributed by atoms with E-state index in [0.29, 0.717) is 12.3 Å². The van der Waals surface area contributed by atoms with Crippen molar-refractivity contribution in [2.24, 2.45) is 0 Å². The molecule has 2 aromatic rings. The lowest BCUT2D eigenvalue weighted by molar-refractivity contribution is -0.117. The predicted molar refractivity (Wildman–Crippen MR) is 73.2 cm³/mol. The van der Waals surface area contributed by atoms with Gasteiger partial charge in [0.1, 0.15) is 5.52 Å². The van der Waals surface area contributed by atoms with Crippen LogP contribution < -0.4 is 10.2 Å². The number of nitrogens with zero attached hydrogens (tertiary/aromatic N) is 2. The largest absolute Gasteiger partial charge is 0.441 e. The number of carbonyl (C=O) groups is 1. The Bertz CT molecular complexity index is 620. The molecule has 100 valence electrons. The summed E-state index contributed by atoms with van der Waals surface area (Å²) in [6, 6.07) is 5.95. The van der Waals surface area contributed by atoms with Crippen LogP contribution in [0, 0.1) is 6.92 Å². The molecule has 0 spiro atoms. The van der Waals surface area contributed by atoms with Crippen molar-refractivity contribution < 1.29 is 9.21 Å². The minimum Gasteiger partial charge on any atom is -0.441 e. The van der Waals surface area contributed by atoms with Gasteiger partial charge in [-0.3, -0.25) is 4.79 Å². The van der Waals surface area contributed by atoms with E-state index >= 15 is 0 Å². The van der Waals surface area contributed by atoms with Crippen LogP contribution in [0.3, 0.4) is 0 Å². The summed E-state index contributed by atoms with van der Waals surface area (Å²) in [7, 11) is 0. The van der Waals surface area contributed by atoms with Gasteiger partial charge in [-0.2, -0.15) is 0 Å². The van der Waals surface area contributed by atoms with Crippen molar-refractivity contribution in [2.75, 3.05) is 18.0 Å². The van der Waals surface area contributed by atoms with Crippen LogP contribution in [0.25, 0.3) is 11.1 Å². The van der Waals surface area contributed by atoms with Gasteiger partial charge in [-0.1, -0.05) is 6.92 Å². The number of benzene rings is 1. The maximum atomic E-state index is 12.0. The lowest BCUT2D eigenvalue weighted by atomic mass is 10.2. The second kappa shape index (κ2) is 4.66. The molecule has 1 aromatic carbocycles. The number of carbonyl (C=O) groups excluding carboxylic acids is 1. The van der Waals surface area contributed by atoms with Gasteiger partial charge in [-0.05, 0) is 24.7 Å². The first kappa shape index (κ1) is 12.2. The standard InChI is InChI=1S/C14H17N3O2/c1-3-15-10-6-14(18)17(8-10)11-4-5-13-12(7-11)16-9(2)19-13/h4-5,7,10,15H,3,6,8H2,1-2H3. The lowest BCUT2D eigenvalue weighted by Gasteiger charge is -2.16. The van der Waals surface area contributed by atoms with E-state index < -0.39 is 0 Å². The molecule has 1 aliphatic rings. The molecule has 5 nitrogen and oxygen atoms in total. The molecule has 19 heavy (non-hydrogen) atoms. The van der Waals surface area contributed by atoms with Gasteiger partial charge in [0.05, 0.1) is 0 Å². The molecule has 0 bridgehead atoms. The Morgan fingerprint density at radius 1 is 1.53 bits per heavy atom. The molecule has 2 heterocycles. The number of nitrogens with one attached hydrogen (secondary N) is 1. The van der Waals surface area contributed by atoms with Gasteiger partial charge >= 0.3 is 0 Å². The second-order valence-corrected chi connectivity index (χ2v) is 4.85. The number of hydrogen-bond acceptors (Lipinski definition) is 4. The highest BCUT2D eigenvalue weighted by Crippen LogP contribution is 2.26. The number of amides is 1. The number of anilines is 1. The zero-order valence-electron chi connectivity index (χ0n) is 11.1. The molecule has 1 N–H and O–H groups in total. The fraction of sp³-hybridized carbons (Fsp3) is 0.429. The lowest BCUT2D eigenvalue weighted by Crippen LogP contribution is -2.32. The summed E-state index contributed by atoms with van der Waals surface area (Å²) < 4.78 is 5.45. The first-order valence-electron chi connectivity index (χ1n) is 6.58. The Kier molecular flexibility index (Phi) is 2.98. The van der Waals surface area contributed by atoms with Crippen molar-refractivity contribution in [3.8, 4) is 0 Å². The Balaban J connectivity index is 1.89. The Labute approximate surface area is 111 Å². The number of hydrogen-bond donors (Lipinski definition) is 1. The minimum atomic E-state index is 0.158. The molecule has 0 saturated carbocycles. The number of likely N-dealkylation sites (N-methyl/N-ethyl adjacent to an activating group) is 1.